The summed E-state index contributed by atoms with van der Waals surface area (Å²) in [4.78, 5) is 11.6. The highest BCUT2D eigenvalue weighted by Crippen LogP contribution is 2.32. The smallest absolute Gasteiger partial charge is 0.387 e. The van der Waals surface area contributed by atoms with Crippen LogP contribution in [0.4, 0.5) is 14.5 Å². The van der Waals surface area contributed by atoms with Crippen molar-refractivity contribution in [3.63, 3.8) is 0 Å². The molecular weight excluding hydrogens is 256 g/mol. The number of halogens is 2. The van der Waals surface area contributed by atoms with Crippen LogP contribution >= 0.6 is 0 Å². The van der Waals surface area contributed by atoms with Crippen molar-refractivity contribution in [2.24, 2.45) is 10.2 Å². The lowest BCUT2D eigenvalue weighted by molar-refractivity contribution is -0.116. The minimum atomic E-state index is -2.89. The number of nitrogens with zero attached hydrogens (tertiary/aromatic N) is 2. The maximum absolute atomic E-state index is 12.0. The van der Waals surface area contributed by atoms with Crippen LogP contribution in [0.2, 0.25) is 0 Å². The van der Waals surface area contributed by atoms with Gasteiger partial charge in [0.15, 0.2) is 5.66 Å². The predicted octanol–water partition coefficient (Wildman–Crippen LogP) is 3.19. The van der Waals surface area contributed by atoms with Gasteiger partial charge in [-0.3, -0.25) is 4.79 Å². The number of benzene rings is 1. The average Bonchev–Trinajstić information content (AvgIpc) is 3.05. The summed E-state index contributed by atoms with van der Waals surface area (Å²) < 4.78 is 28.3. The molecule has 19 heavy (non-hydrogen) atoms. The normalized spacial score (nSPS) is 15.4. The molecule has 1 aromatic carbocycles. The molecule has 7 heteroatoms. The Morgan fingerprint density at radius 2 is 2.21 bits per heavy atom. The Balaban J connectivity index is 1.85. The molecule has 1 aliphatic rings. The molecule has 102 valence electrons. The summed E-state index contributed by atoms with van der Waals surface area (Å²) >= 11 is 0. The van der Waals surface area contributed by atoms with Gasteiger partial charge in [0, 0.05) is 24.6 Å². The van der Waals surface area contributed by atoms with Crippen LogP contribution in [0.3, 0.4) is 0 Å². The molecule has 0 aromatic heterocycles. The Morgan fingerprint density at radius 3 is 2.84 bits per heavy atom. The molecule has 0 spiro atoms. The van der Waals surface area contributed by atoms with Crippen LogP contribution in [0.25, 0.3) is 0 Å². The molecule has 1 aromatic rings. The zero-order valence-corrected chi connectivity index (χ0v) is 10.3. The topological polar surface area (TPSA) is 63.0 Å². The molecule has 0 radical (unpaired) electrons. The predicted molar refractivity (Wildman–Crippen MR) is 64.2 cm³/mol. The van der Waals surface area contributed by atoms with Gasteiger partial charge in [0.05, 0.1) is 0 Å². The first kappa shape index (κ1) is 13.4. The van der Waals surface area contributed by atoms with Gasteiger partial charge in [0.25, 0.3) is 0 Å². The second kappa shape index (κ2) is 5.29. The Hall–Kier alpha value is -2.05. The number of rotatable bonds is 6. The number of nitrogens with one attached hydrogen (secondary N) is 1. The third-order valence-electron chi connectivity index (χ3n) is 2.61. The summed E-state index contributed by atoms with van der Waals surface area (Å²) in [5.41, 5.74) is -0.00388. The molecular formula is C12H13F2N3O2. The number of hydrogen-bond acceptors (Lipinski definition) is 4. The third kappa shape index (κ3) is 4.27. The molecule has 0 aliphatic carbocycles. The van der Waals surface area contributed by atoms with Gasteiger partial charge in [-0.05, 0) is 19.1 Å². The molecule has 0 bridgehead atoms. The fourth-order valence-electron chi connectivity index (χ4n) is 1.51. The van der Waals surface area contributed by atoms with Crippen LogP contribution in [-0.4, -0.2) is 18.2 Å². The Bertz CT molecular complexity index is 500. The monoisotopic (exact) mass is 269 g/mol. The lowest BCUT2D eigenvalue weighted by Crippen LogP contribution is -2.15. The second-order valence-corrected chi connectivity index (χ2v) is 4.37. The zero-order valence-electron chi connectivity index (χ0n) is 10.3. The van der Waals surface area contributed by atoms with E-state index in [4.69, 9.17) is 0 Å². The second-order valence-electron chi connectivity index (χ2n) is 4.37. The number of carbonyl (C=O) groups is 1. The first-order valence-corrected chi connectivity index (χ1v) is 5.76. The number of anilines is 1. The summed E-state index contributed by atoms with van der Waals surface area (Å²) in [7, 11) is 0. The van der Waals surface area contributed by atoms with E-state index in [2.05, 4.69) is 20.3 Å². The minimum absolute atomic E-state index is 0.00644. The quantitative estimate of drug-likeness (QED) is 0.862. The summed E-state index contributed by atoms with van der Waals surface area (Å²) in [5, 5.41) is 10.2. The van der Waals surface area contributed by atoms with Crippen molar-refractivity contribution in [2.75, 3.05) is 5.32 Å². The highest BCUT2D eigenvalue weighted by atomic mass is 19.3. The van der Waals surface area contributed by atoms with E-state index in [1.54, 1.807) is 6.07 Å². The van der Waals surface area contributed by atoms with Gasteiger partial charge in [0.1, 0.15) is 5.75 Å². The van der Waals surface area contributed by atoms with Gasteiger partial charge in [-0.1, -0.05) is 6.07 Å². The Kier molecular flexibility index (Phi) is 3.73. The van der Waals surface area contributed by atoms with Crippen molar-refractivity contribution in [1.29, 1.82) is 0 Å². The van der Waals surface area contributed by atoms with E-state index < -0.39 is 12.3 Å². The van der Waals surface area contributed by atoms with Crippen LogP contribution < -0.4 is 10.1 Å². The van der Waals surface area contributed by atoms with Gasteiger partial charge < -0.3 is 10.1 Å². The number of ether oxygens (including phenoxy) is 1. The van der Waals surface area contributed by atoms with E-state index in [1.165, 1.54) is 18.2 Å². The van der Waals surface area contributed by atoms with E-state index in [-0.39, 0.29) is 18.1 Å². The minimum Gasteiger partial charge on any atom is -0.435 e. The van der Waals surface area contributed by atoms with Crippen molar-refractivity contribution in [3.05, 3.63) is 24.3 Å². The molecule has 0 unspecified atom stereocenters. The number of carbonyl (C=O) groups excluding carboxylic acids is 1. The van der Waals surface area contributed by atoms with Gasteiger partial charge in [-0.15, -0.1) is 0 Å². The van der Waals surface area contributed by atoms with Crippen molar-refractivity contribution in [3.8, 4) is 5.75 Å². The Morgan fingerprint density at radius 1 is 1.47 bits per heavy atom. The van der Waals surface area contributed by atoms with Gasteiger partial charge >= 0.3 is 6.61 Å². The van der Waals surface area contributed by atoms with Crippen LogP contribution in [0.15, 0.2) is 34.5 Å². The maximum Gasteiger partial charge on any atom is 0.387 e. The highest BCUT2D eigenvalue weighted by Gasteiger charge is 2.33. The summed E-state index contributed by atoms with van der Waals surface area (Å²) in [5.74, 6) is -0.209. The van der Waals surface area contributed by atoms with Gasteiger partial charge in [0.2, 0.25) is 5.91 Å². The van der Waals surface area contributed by atoms with E-state index in [1.807, 2.05) is 6.92 Å². The van der Waals surface area contributed by atoms with Crippen molar-refractivity contribution in [1.82, 2.24) is 0 Å². The van der Waals surface area contributed by atoms with Crippen LogP contribution in [0.1, 0.15) is 19.8 Å². The largest absolute Gasteiger partial charge is 0.435 e. The van der Waals surface area contributed by atoms with Crippen LogP contribution in [0.5, 0.6) is 5.75 Å². The SMILES string of the molecule is CC1(CCC(=O)Nc2cccc(OC(F)F)c2)N=N1. The fourth-order valence-corrected chi connectivity index (χ4v) is 1.51. The molecule has 1 heterocycles. The molecule has 0 saturated heterocycles. The van der Waals surface area contributed by atoms with Crippen molar-refractivity contribution < 1.29 is 18.3 Å². The molecule has 0 atom stereocenters. The third-order valence-corrected chi connectivity index (χ3v) is 2.61. The number of hydrogen-bond donors (Lipinski definition) is 1. The number of amides is 1. The first-order chi connectivity index (χ1) is 8.97. The van der Waals surface area contributed by atoms with Crippen LogP contribution in [-0.2, 0) is 4.79 Å². The highest BCUT2D eigenvalue weighted by molar-refractivity contribution is 5.90. The molecule has 1 N–H and O–H groups in total. The van der Waals surface area contributed by atoms with Crippen LogP contribution in [0, 0.1) is 0 Å². The van der Waals surface area contributed by atoms with E-state index in [9.17, 15) is 13.6 Å². The maximum atomic E-state index is 12.0. The molecule has 0 fully saturated rings. The Labute approximate surface area is 108 Å². The molecule has 0 saturated carbocycles. The van der Waals surface area contributed by atoms with Gasteiger partial charge in [-0.25, -0.2) is 0 Å². The molecule has 2 rings (SSSR count). The van der Waals surface area contributed by atoms with E-state index >= 15 is 0 Å². The lowest BCUT2D eigenvalue weighted by atomic mass is 10.1. The number of alkyl halides is 2. The fraction of sp³-hybridized carbons (Fsp3) is 0.417. The summed E-state index contributed by atoms with van der Waals surface area (Å²) in [6.45, 7) is -1.05. The average molecular weight is 269 g/mol. The van der Waals surface area contributed by atoms with Crippen molar-refractivity contribution in [2.45, 2.75) is 32.0 Å². The summed E-state index contributed by atoms with van der Waals surface area (Å²) in [6, 6.07) is 5.87. The van der Waals surface area contributed by atoms with Gasteiger partial charge in [-0.2, -0.15) is 19.0 Å². The van der Waals surface area contributed by atoms with Crippen molar-refractivity contribution >= 4 is 11.6 Å². The molecule has 1 aliphatic heterocycles. The standard InChI is InChI=1S/C12H13F2N3O2/c1-12(16-17-12)6-5-10(18)15-8-3-2-4-9(7-8)19-11(13)14/h2-4,7,11H,5-6H2,1H3,(H,15,18). The first-order valence-electron chi connectivity index (χ1n) is 5.76. The molecule has 1 amide bonds. The lowest BCUT2D eigenvalue weighted by Gasteiger charge is -2.09. The van der Waals surface area contributed by atoms with E-state index in [0.29, 0.717) is 12.1 Å². The van der Waals surface area contributed by atoms with E-state index in [0.717, 1.165) is 0 Å². The molecule has 5 nitrogen and oxygen atoms in total. The zero-order chi connectivity index (χ0) is 13.9. The summed E-state index contributed by atoms with van der Waals surface area (Å²) in [6.07, 6.45) is 0.801.